The van der Waals surface area contributed by atoms with Crippen molar-refractivity contribution in [2.45, 2.75) is 11.7 Å². The first-order valence-electron chi connectivity index (χ1n) is 7.01. The van der Waals surface area contributed by atoms with E-state index in [0.29, 0.717) is 0 Å². The fraction of sp³-hybridized carbons (Fsp3) is 0.200. The summed E-state index contributed by atoms with van der Waals surface area (Å²) in [6.07, 6.45) is 1.81. The van der Waals surface area contributed by atoms with Crippen LogP contribution in [0.3, 0.4) is 0 Å². The minimum absolute atomic E-state index is 0. The molecule has 0 unspecified atom stereocenters. The summed E-state index contributed by atoms with van der Waals surface area (Å²) in [7, 11) is 0. The van der Waals surface area contributed by atoms with Gasteiger partial charge in [-0.15, -0.1) is 5.10 Å². The molecule has 0 spiro atoms. The van der Waals surface area contributed by atoms with Crippen LogP contribution in [0.1, 0.15) is 5.69 Å². The van der Waals surface area contributed by atoms with Crippen molar-refractivity contribution < 1.29 is 24.8 Å². The second kappa shape index (κ2) is 11.0. The molecule has 0 aliphatic carbocycles. The van der Waals surface area contributed by atoms with E-state index >= 15 is 0 Å². The van der Waals surface area contributed by atoms with Crippen molar-refractivity contribution in [2.75, 3.05) is 12.3 Å². The van der Waals surface area contributed by atoms with E-state index in [4.69, 9.17) is 0 Å². The van der Waals surface area contributed by atoms with Crippen molar-refractivity contribution in [1.82, 2.24) is 30.5 Å². The Morgan fingerprint density at radius 2 is 1.79 bits per heavy atom. The first kappa shape index (κ1) is 20.4. The van der Waals surface area contributed by atoms with Gasteiger partial charge in [-0.05, 0) is 34.7 Å². The Morgan fingerprint density at radius 1 is 1.00 bits per heavy atom. The molecule has 6 nitrogen and oxygen atoms in total. The zero-order chi connectivity index (χ0) is 15.0. The lowest BCUT2D eigenvalue weighted by atomic mass is 10.3. The third kappa shape index (κ3) is 5.76. The number of nitrogens with zero attached hydrogens (tertiary/aromatic N) is 5. The smallest absolute Gasteiger partial charge is 0.214 e. The molecule has 0 radical (unpaired) electrons. The molecule has 0 amide bonds. The average Bonchev–Trinajstić information content (AvgIpc) is 3.05. The van der Waals surface area contributed by atoms with Crippen LogP contribution >= 0.6 is 11.8 Å². The van der Waals surface area contributed by atoms with E-state index in [1.807, 2.05) is 48.5 Å². The molecule has 0 bridgehead atoms. The first-order chi connectivity index (χ1) is 10.9. The third-order valence-corrected chi connectivity index (χ3v) is 3.90. The highest BCUT2D eigenvalue weighted by molar-refractivity contribution is 7.99. The first-order valence-corrected chi connectivity index (χ1v) is 7.99. The summed E-state index contributed by atoms with van der Waals surface area (Å²) in [5.41, 5.74) is 2.01. The molecule has 1 aromatic carbocycles. The predicted molar refractivity (Wildman–Crippen MR) is 85.8 cm³/mol. The van der Waals surface area contributed by atoms with Gasteiger partial charge in [-0.1, -0.05) is 36.0 Å². The lowest BCUT2D eigenvalue weighted by Crippen LogP contribution is -3.00. The van der Waals surface area contributed by atoms with Gasteiger partial charge in [0.25, 0.3) is 0 Å². The number of hydrogen-bond acceptors (Lipinski definition) is 6. The zero-order valence-electron chi connectivity index (χ0n) is 12.7. The number of thioether (sulfide) groups is 1. The number of aromatic nitrogens is 5. The monoisotopic (exact) mass is 382 g/mol. The summed E-state index contributed by atoms with van der Waals surface area (Å²) < 4.78 is 1.75. The van der Waals surface area contributed by atoms with Crippen LogP contribution in [0.15, 0.2) is 59.9 Å². The fourth-order valence-corrected chi connectivity index (χ4v) is 2.72. The normalized spacial score (nSPS) is 9.83. The SMILES string of the molecule is [Cl-].[Cl-].c1ccc(-n2nnnc2SCCNCc2ccccn2)cc1. The number of hydrogen-bond donors (Lipinski definition) is 1. The molecule has 3 rings (SSSR count). The predicted octanol–water partition coefficient (Wildman–Crippen LogP) is -4.05. The zero-order valence-corrected chi connectivity index (χ0v) is 15.0. The summed E-state index contributed by atoms with van der Waals surface area (Å²) in [4.78, 5) is 4.27. The van der Waals surface area contributed by atoms with Gasteiger partial charge in [0.15, 0.2) is 0 Å². The van der Waals surface area contributed by atoms with E-state index in [2.05, 4.69) is 25.8 Å². The lowest BCUT2D eigenvalue weighted by molar-refractivity contribution is -0.001000. The van der Waals surface area contributed by atoms with E-state index in [0.717, 1.165) is 35.4 Å². The van der Waals surface area contributed by atoms with Crippen molar-refractivity contribution in [3.8, 4) is 5.69 Å². The molecule has 0 aliphatic rings. The van der Waals surface area contributed by atoms with Crippen molar-refractivity contribution >= 4 is 11.8 Å². The van der Waals surface area contributed by atoms with Crippen molar-refractivity contribution in [3.05, 3.63) is 60.4 Å². The molecule has 2 heterocycles. The maximum atomic E-state index is 4.27. The Kier molecular flexibility index (Phi) is 9.33. The molecular weight excluding hydrogens is 367 g/mol. The quantitative estimate of drug-likeness (QED) is 0.331. The topological polar surface area (TPSA) is 68.5 Å². The highest BCUT2D eigenvalue weighted by atomic mass is 35.5. The van der Waals surface area contributed by atoms with E-state index < -0.39 is 0 Å². The summed E-state index contributed by atoms with van der Waals surface area (Å²) >= 11 is 1.63. The molecule has 9 heteroatoms. The van der Waals surface area contributed by atoms with Gasteiger partial charge in [-0.25, -0.2) is 0 Å². The molecule has 0 fully saturated rings. The molecule has 0 aliphatic heterocycles. The van der Waals surface area contributed by atoms with Crippen LogP contribution in [0.2, 0.25) is 0 Å². The van der Waals surface area contributed by atoms with E-state index in [1.165, 1.54) is 0 Å². The van der Waals surface area contributed by atoms with Crippen molar-refractivity contribution in [1.29, 1.82) is 0 Å². The second-order valence-electron chi connectivity index (χ2n) is 4.56. The van der Waals surface area contributed by atoms with Gasteiger partial charge in [0.2, 0.25) is 5.16 Å². The highest BCUT2D eigenvalue weighted by Crippen LogP contribution is 2.17. The summed E-state index contributed by atoms with van der Waals surface area (Å²) in [5.74, 6) is 0.889. The van der Waals surface area contributed by atoms with Crippen LogP contribution in [-0.2, 0) is 6.54 Å². The number of halogens is 2. The van der Waals surface area contributed by atoms with E-state index in [-0.39, 0.29) is 24.8 Å². The maximum Gasteiger partial charge on any atom is 0.214 e. The van der Waals surface area contributed by atoms with Crippen LogP contribution < -0.4 is 30.1 Å². The number of rotatable bonds is 7. The van der Waals surface area contributed by atoms with Crippen LogP contribution in [0, 0.1) is 0 Å². The lowest BCUT2D eigenvalue weighted by Gasteiger charge is -2.05. The van der Waals surface area contributed by atoms with Crippen molar-refractivity contribution in [2.24, 2.45) is 0 Å². The standard InChI is InChI=1S/C15H16N6S.2ClH/c1-2-7-14(8-3-1)21-15(18-19-20-21)22-11-10-16-12-13-6-4-5-9-17-13;;/h1-9,16H,10-12H2;2*1H/p-2. The van der Waals surface area contributed by atoms with E-state index in [9.17, 15) is 0 Å². The highest BCUT2D eigenvalue weighted by Gasteiger charge is 2.07. The van der Waals surface area contributed by atoms with Gasteiger partial charge in [0, 0.05) is 25.0 Å². The number of tetrazole rings is 1. The Hall–Kier alpha value is -1.67. The molecule has 3 aromatic rings. The third-order valence-electron chi connectivity index (χ3n) is 2.98. The molecule has 24 heavy (non-hydrogen) atoms. The van der Waals surface area contributed by atoms with Crippen LogP contribution in [0.4, 0.5) is 0 Å². The molecule has 1 N–H and O–H groups in total. The van der Waals surface area contributed by atoms with Gasteiger partial charge in [0.05, 0.1) is 11.4 Å². The van der Waals surface area contributed by atoms with Crippen LogP contribution in [-0.4, -0.2) is 37.5 Å². The molecule has 2 aromatic heterocycles. The van der Waals surface area contributed by atoms with Gasteiger partial charge < -0.3 is 30.1 Å². The summed E-state index contributed by atoms with van der Waals surface area (Å²) in [6, 6.07) is 15.8. The minimum atomic E-state index is 0. The maximum absolute atomic E-state index is 4.27. The van der Waals surface area contributed by atoms with Crippen molar-refractivity contribution in [3.63, 3.8) is 0 Å². The molecule has 128 valence electrons. The van der Waals surface area contributed by atoms with Crippen LogP contribution in [0.25, 0.3) is 5.69 Å². The Balaban J connectivity index is 0.00000144. The number of para-hydroxylation sites is 1. The van der Waals surface area contributed by atoms with Gasteiger partial charge in [0.1, 0.15) is 0 Å². The van der Waals surface area contributed by atoms with Gasteiger partial charge >= 0.3 is 0 Å². The van der Waals surface area contributed by atoms with Crippen LogP contribution in [0.5, 0.6) is 0 Å². The number of nitrogens with one attached hydrogen (secondary N) is 1. The molecule has 0 atom stereocenters. The summed E-state index contributed by atoms with van der Waals surface area (Å²) in [6.45, 7) is 1.63. The second-order valence-corrected chi connectivity index (χ2v) is 5.62. The fourth-order valence-electron chi connectivity index (χ4n) is 1.93. The minimum Gasteiger partial charge on any atom is -1.00 e. The molecule has 0 saturated heterocycles. The Labute approximate surface area is 157 Å². The van der Waals surface area contributed by atoms with E-state index in [1.54, 1.807) is 22.6 Å². The number of pyridine rings is 1. The molecular formula is C15H16Cl2N6S-2. The number of benzene rings is 1. The Morgan fingerprint density at radius 3 is 2.54 bits per heavy atom. The van der Waals surface area contributed by atoms with Gasteiger partial charge in [-0.3, -0.25) is 4.98 Å². The Bertz CT molecular complexity index is 695. The molecule has 0 saturated carbocycles. The average molecular weight is 383 g/mol. The largest absolute Gasteiger partial charge is 1.00 e. The summed E-state index contributed by atoms with van der Waals surface area (Å²) in [5, 5.41) is 16.0. The van der Waals surface area contributed by atoms with Gasteiger partial charge in [-0.2, -0.15) is 4.68 Å².